The third-order valence-corrected chi connectivity index (χ3v) is 5.35. The molecule has 10 heteroatoms. The second-order valence-corrected chi connectivity index (χ2v) is 7.73. The van der Waals surface area contributed by atoms with Crippen molar-refractivity contribution in [2.75, 3.05) is 6.54 Å². The zero-order valence-corrected chi connectivity index (χ0v) is 17.9. The lowest BCUT2D eigenvalue weighted by Crippen LogP contribution is -2.26. The molecule has 0 bridgehead atoms. The van der Waals surface area contributed by atoms with Crippen molar-refractivity contribution in [3.05, 3.63) is 105 Å². The van der Waals surface area contributed by atoms with E-state index in [1.54, 1.807) is 36.1 Å². The minimum Gasteiger partial charge on any atom is -0.294 e. The SMILES string of the molecule is Cc1ccc(CN(CCc2c(F)c(F)c(F)c(F)c2F)Cc2ccc(C(=O)NO)cc2)cc1F. The molecule has 180 valence electrons. The Kier molecular flexibility index (Phi) is 7.95. The van der Waals surface area contributed by atoms with E-state index in [1.165, 1.54) is 23.7 Å². The number of nitrogens with zero attached hydrogens (tertiary/aromatic N) is 1. The fourth-order valence-electron chi connectivity index (χ4n) is 3.43. The molecule has 3 rings (SSSR count). The van der Waals surface area contributed by atoms with Gasteiger partial charge in [0.05, 0.1) is 0 Å². The van der Waals surface area contributed by atoms with Crippen LogP contribution < -0.4 is 5.48 Å². The van der Waals surface area contributed by atoms with E-state index >= 15 is 0 Å². The number of hydrogen-bond acceptors (Lipinski definition) is 3. The van der Waals surface area contributed by atoms with Gasteiger partial charge in [0, 0.05) is 30.8 Å². The van der Waals surface area contributed by atoms with E-state index in [0.717, 1.165) is 0 Å². The lowest BCUT2D eigenvalue weighted by atomic mass is 10.1. The molecular weight excluding hydrogens is 462 g/mol. The maximum atomic E-state index is 14.1. The van der Waals surface area contributed by atoms with Crippen LogP contribution >= 0.6 is 0 Å². The number of carbonyl (C=O) groups is 1. The van der Waals surface area contributed by atoms with Gasteiger partial charge >= 0.3 is 0 Å². The molecule has 0 spiro atoms. The van der Waals surface area contributed by atoms with E-state index in [0.29, 0.717) is 16.7 Å². The zero-order chi connectivity index (χ0) is 25.0. The molecule has 0 aliphatic carbocycles. The molecule has 0 unspecified atom stereocenters. The predicted octanol–water partition coefficient (Wildman–Crippen LogP) is 5.19. The van der Waals surface area contributed by atoms with Gasteiger partial charge < -0.3 is 0 Å². The minimum atomic E-state index is -2.22. The molecule has 0 saturated heterocycles. The Morgan fingerprint density at radius 1 is 0.824 bits per heavy atom. The lowest BCUT2D eigenvalue weighted by Gasteiger charge is -2.23. The molecule has 0 aromatic heterocycles. The summed E-state index contributed by atoms with van der Waals surface area (Å²) in [5.74, 6) is -11.2. The Hall–Kier alpha value is -3.37. The second-order valence-electron chi connectivity index (χ2n) is 7.73. The van der Waals surface area contributed by atoms with E-state index in [2.05, 4.69) is 0 Å². The Labute approximate surface area is 191 Å². The Balaban J connectivity index is 1.86. The monoisotopic (exact) mass is 482 g/mol. The molecule has 0 heterocycles. The fourth-order valence-corrected chi connectivity index (χ4v) is 3.43. The van der Waals surface area contributed by atoms with Crippen LogP contribution in [-0.2, 0) is 19.5 Å². The van der Waals surface area contributed by atoms with Gasteiger partial charge in [-0.1, -0.05) is 24.3 Å². The molecular formula is C24H20F6N2O2. The van der Waals surface area contributed by atoms with Gasteiger partial charge in [-0.3, -0.25) is 14.9 Å². The van der Waals surface area contributed by atoms with Gasteiger partial charge in [-0.25, -0.2) is 31.8 Å². The molecule has 1 amide bonds. The Morgan fingerprint density at radius 2 is 1.35 bits per heavy atom. The second kappa shape index (κ2) is 10.7. The first-order valence-electron chi connectivity index (χ1n) is 10.1. The largest absolute Gasteiger partial charge is 0.294 e. The number of carbonyl (C=O) groups excluding carboxylic acids is 1. The van der Waals surface area contributed by atoms with Gasteiger partial charge in [0.25, 0.3) is 5.91 Å². The quantitative estimate of drug-likeness (QED) is 0.153. The number of hydroxylamine groups is 1. The smallest absolute Gasteiger partial charge is 0.274 e. The highest BCUT2D eigenvalue weighted by molar-refractivity contribution is 5.93. The van der Waals surface area contributed by atoms with Crippen molar-refractivity contribution in [3.8, 4) is 0 Å². The summed E-state index contributed by atoms with van der Waals surface area (Å²) in [5, 5.41) is 8.71. The number of rotatable bonds is 8. The first-order chi connectivity index (χ1) is 16.1. The standard InChI is InChI=1S/C24H20F6N2O2/c1-13-2-3-15(10-18(13)25)12-32(11-14-4-6-16(7-5-14)24(33)31-34)9-8-17-19(26)21(28)23(30)22(29)20(17)27/h2-7,10,34H,8-9,11-12H2,1H3,(H,31,33). The minimum absolute atomic E-state index is 0.117. The first kappa shape index (κ1) is 25.3. The van der Waals surface area contributed by atoms with Gasteiger partial charge in [0.2, 0.25) is 5.82 Å². The lowest BCUT2D eigenvalue weighted by molar-refractivity contribution is 0.0706. The van der Waals surface area contributed by atoms with E-state index in [1.807, 2.05) is 0 Å². The summed E-state index contributed by atoms with van der Waals surface area (Å²) >= 11 is 0. The van der Waals surface area contributed by atoms with Crippen LogP contribution in [0.2, 0.25) is 0 Å². The van der Waals surface area contributed by atoms with Crippen molar-refractivity contribution >= 4 is 5.91 Å². The number of hydrogen-bond donors (Lipinski definition) is 2. The molecule has 0 radical (unpaired) electrons. The third kappa shape index (κ3) is 5.57. The Morgan fingerprint density at radius 3 is 1.91 bits per heavy atom. The first-order valence-corrected chi connectivity index (χ1v) is 10.1. The van der Waals surface area contributed by atoms with Gasteiger partial charge in [-0.2, -0.15) is 0 Å². The maximum absolute atomic E-state index is 14.1. The molecule has 0 fully saturated rings. The van der Waals surface area contributed by atoms with Crippen molar-refractivity contribution in [1.82, 2.24) is 10.4 Å². The zero-order valence-electron chi connectivity index (χ0n) is 17.9. The van der Waals surface area contributed by atoms with Crippen molar-refractivity contribution in [3.63, 3.8) is 0 Å². The summed E-state index contributed by atoms with van der Waals surface area (Å²) in [4.78, 5) is 13.1. The molecule has 0 aliphatic heterocycles. The summed E-state index contributed by atoms with van der Waals surface area (Å²) in [5.41, 5.74) is 2.36. The number of aryl methyl sites for hydroxylation is 1. The van der Waals surface area contributed by atoms with E-state index in [4.69, 9.17) is 5.21 Å². The van der Waals surface area contributed by atoms with Crippen LogP contribution in [0.3, 0.4) is 0 Å². The van der Waals surface area contributed by atoms with Gasteiger partial charge in [-0.15, -0.1) is 0 Å². The molecule has 0 aliphatic rings. The van der Waals surface area contributed by atoms with Gasteiger partial charge in [0.1, 0.15) is 5.82 Å². The van der Waals surface area contributed by atoms with Gasteiger partial charge in [0.15, 0.2) is 23.3 Å². The van der Waals surface area contributed by atoms with E-state index < -0.39 is 52.8 Å². The van der Waals surface area contributed by atoms with E-state index in [-0.39, 0.29) is 25.2 Å². The van der Waals surface area contributed by atoms with Crippen LogP contribution in [0, 0.1) is 41.8 Å². The molecule has 3 aromatic carbocycles. The predicted molar refractivity (Wildman–Crippen MR) is 111 cm³/mol. The van der Waals surface area contributed by atoms with Crippen LogP contribution in [0.5, 0.6) is 0 Å². The number of benzene rings is 3. The van der Waals surface area contributed by atoms with Crippen LogP contribution in [-0.4, -0.2) is 22.6 Å². The number of amides is 1. The van der Waals surface area contributed by atoms with Crippen molar-refractivity contribution < 1.29 is 36.3 Å². The molecule has 0 atom stereocenters. The summed E-state index contributed by atoms with van der Waals surface area (Å²) in [7, 11) is 0. The summed E-state index contributed by atoms with van der Waals surface area (Å²) in [6, 6.07) is 10.6. The highest BCUT2D eigenvalue weighted by Gasteiger charge is 2.25. The van der Waals surface area contributed by atoms with Crippen molar-refractivity contribution in [2.45, 2.75) is 26.4 Å². The van der Waals surface area contributed by atoms with Crippen LogP contribution in [0.15, 0.2) is 42.5 Å². The van der Waals surface area contributed by atoms with Gasteiger partial charge in [-0.05, 0) is 48.2 Å². The average molecular weight is 482 g/mol. The molecule has 3 aromatic rings. The van der Waals surface area contributed by atoms with Crippen LogP contribution in [0.4, 0.5) is 26.3 Å². The highest BCUT2D eigenvalue weighted by atomic mass is 19.2. The molecule has 0 saturated carbocycles. The van der Waals surface area contributed by atoms with Crippen molar-refractivity contribution in [2.24, 2.45) is 0 Å². The molecule has 4 nitrogen and oxygen atoms in total. The maximum Gasteiger partial charge on any atom is 0.274 e. The number of nitrogens with one attached hydrogen (secondary N) is 1. The highest BCUT2D eigenvalue weighted by Crippen LogP contribution is 2.24. The summed E-state index contributed by atoms with van der Waals surface area (Å²) in [6.45, 7) is 1.74. The Bertz CT molecular complexity index is 1170. The average Bonchev–Trinajstić information content (AvgIpc) is 2.83. The summed E-state index contributed by atoms with van der Waals surface area (Å²) in [6.07, 6.45) is -0.495. The third-order valence-electron chi connectivity index (χ3n) is 5.35. The van der Waals surface area contributed by atoms with Crippen LogP contribution in [0.1, 0.15) is 32.6 Å². The normalized spacial score (nSPS) is 11.2. The molecule has 34 heavy (non-hydrogen) atoms. The summed E-state index contributed by atoms with van der Waals surface area (Å²) < 4.78 is 82.7. The van der Waals surface area contributed by atoms with Crippen LogP contribution in [0.25, 0.3) is 0 Å². The topological polar surface area (TPSA) is 52.6 Å². The number of halogens is 6. The van der Waals surface area contributed by atoms with Crippen molar-refractivity contribution in [1.29, 1.82) is 0 Å². The molecule has 2 N–H and O–H groups in total. The fraction of sp³-hybridized carbons (Fsp3) is 0.208. The van der Waals surface area contributed by atoms with E-state index in [9.17, 15) is 31.1 Å².